The zero-order valence-corrected chi connectivity index (χ0v) is 9.86. The van der Waals surface area contributed by atoms with E-state index in [2.05, 4.69) is 4.74 Å². The summed E-state index contributed by atoms with van der Waals surface area (Å²) < 4.78 is 20.2. The van der Waals surface area contributed by atoms with Crippen molar-refractivity contribution in [3.8, 4) is 0 Å². The van der Waals surface area contributed by atoms with Gasteiger partial charge >= 0.3 is 5.97 Å². The topological polar surface area (TPSA) is 43.4 Å². The van der Waals surface area contributed by atoms with E-state index in [0.29, 0.717) is 19.3 Å². The SMILES string of the molecule is [2H]C([2H])(C(=O)OC)C1CCC(=O)C1C/C=C\CC. The second-order valence-corrected chi connectivity index (χ2v) is 3.97. The number of carbonyl (C=O) groups is 2. The van der Waals surface area contributed by atoms with E-state index in [1.807, 2.05) is 19.1 Å². The summed E-state index contributed by atoms with van der Waals surface area (Å²) in [5.74, 6) is -1.80. The summed E-state index contributed by atoms with van der Waals surface area (Å²) in [7, 11) is 1.17. The molecule has 90 valence electrons. The zero-order valence-electron chi connectivity index (χ0n) is 11.9. The molecule has 0 aliphatic heterocycles. The predicted molar refractivity (Wildman–Crippen MR) is 61.9 cm³/mol. The van der Waals surface area contributed by atoms with E-state index in [-0.39, 0.29) is 5.78 Å². The van der Waals surface area contributed by atoms with Crippen LogP contribution in [-0.4, -0.2) is 18.9 Å². The lowest BCUT2D eigenvalue weighted by Gasteiger charge is -2.15. The summed E-state index contributed by atoms with van der Waals surface area (Å²) >= 11 is 0. The molecule has 1 rings (SSSR count). The number of ketones is 1. The van der Waals surface area contributed by atoms with Crippen LogP contribution < -0.4 is 0 Å². The molecule has 2 unspecified atom stereocenters. The average molecular weight is 226 g/mol. The van der Waals surface area contributed by atoms with Crippen LogP contribution in [0.1, 0.15) is 41.7 Å². The second kappa shape index (κ2) is 6.46. The number of rotatable bonds is 5. The maximum absolute atomic E-state index is 11.8. The Balaban J connectivity index is 2.83. The Morgan fingerprint density at radius 2 is 2.38 bits per heavy atom. The minimum absolute atomic E-state index is 0.0496. The monoisotopic (exact) mass is 226 g/mol. The van der Waals surface area contributed by atoms with Crippen LogP contribution in [0.2, 0.25) is 0 Å². The smallest absolute Gasteiger partial charge is 0.305 e. The van der Waals surface area contributed by atoms with Crippen molar-refractivity contribution >= 4 is 11.8 Å². The third-order valence-corrected chi connectivity index (χ3v) is 2.88. The van der Waals surface area contributed by atoms with Crippen LogP contribution in [0.15, 0.2) is 12.2 Å². The van der Waals surface area contributed by atoms with Gasteiger partial charge in [0.05, 0.1) is 7.11 Å². The first kappa shape index (κ1) is 10.1. The van der Waals surface area contributed by atoms with Crippen LogP contribution >= 0.6 is 0 Å². The van der Waals surface area contributed by atoms with E-state index in [1.165, 1.54) is 7.11 Å². The largest absolute Gasteiger partial charge is 0.469 e. The summed E-state index contributed by atoms with van der Waals surface area (Å²) in [6.07, 6.45) is 3.94. The number of hydrogen-bond donors (Lipinski definition) is 0. The molecule has 3 nitrogen and oxygen atoms in total. The minimum atomic E-state index is -2.08. The van der Waals surface area contributed by atoms with E-state index in [4.69, 9.17) is 2.74 Å². The summed E-state index contributed by atoms with van der Waals surface area (Å²) in [6, 6.07) is 0. The normalized spacial score (nSPS) is 28.0. The Bertz CT molecular complexity index is 350. The van der Waals surface area contributed by atoms with Gasteiger partial charge in [-0.05, 0) is 25.2 Å². The fourth-order valence-corrected chi connectivity index (χ4v) is 2.00. The number of esters is 1. The number of methoxy groups -OCH3 is 1. The first-order valence-corrected chi connectivity index (χ1v) is 5.71. The third kappa shape index (κ3) is 3.47. The Morgan fingerprint density at radius 1 is 1.62 bits per heavy atom. The fraction of sp³-hybridized carbons (Fsp3) is 0.692. The summed E-state index contributed by atoms with van der Waals surface area (Å²) in [4.78, 5) is 23.3. The molecule has 0 heterocycles. The second-order valence-electron chi connectivity index (χ2n) is 3.97. The molecule has 0 radical (unpaired) electrons. The lowest BCUT2D eigenvalue weighted by molar-refractivity contribution is -0.142. The maximum Gasteiger partial charge on any atom is 0.305 e. The van der Waals surface area contributed by atoms with Gasteiger partial charge in [-0.15, -0.1) is 0 Å². The van der Waals surface area contributed by atoms with E-state index < -0.39 is 24.2 Å². The van der Waals surface area contributed by atoms with Crippen molar-refractivity contribution in [2.45, 2.75) is 39.0 Å². The van der Waals surface area contributed by atoms with Crippen LogP contribution in [0.4, 0.5) is 0 Å². The molecule has 0 aromatic carbocycles. The highest BCUT2D eigenvalue weighted by atomic mass is 16.5. The lowest BCUT2D eigenvalue weighted by Crippen LogP contribution is -2.18. The molecule has 0 N–H and O–H groups in total. The van der Waals surface area contributed by atoms with Gasteiger partial charge < -0.3 is 4.74 Å². The molecule has 1 aliphatic rings. The van der Waals surface area contributed by atoms with Crippen LogP contribution in [-0.2, 0) is 14.3 Å². The predicted octanol–water partition coefficient (Wildman–Crippen LogP) is 2.50. The summed E-state index contributed by atoms with van der Waals surface area (Å²) in [5.41, 5.74) is 0. The van der Waals surface area contributed by atoms with Crippen LogP contribution in [0.3, 0.4) is 0 Å². The number of carbonyl (C=O) groups excluding carboxylic acids is 2. The van der Waals surface area contributed by atoms with Gasteiger partial charge in [0.2, 0.25) is 0 Å². The number of allylic oxidation sites excluding steroid dienone is 2. The van der Waals surface area contributed by atoms with Crippen LogP contribution in [0, 0.1) is 11.8 Å². The first-order chi connectivity index (χ1) is 8.45. The van der Waals surface area contributed by atoms with Crippen molar-refractivity contribution in [3.63, 3.8) is 0 Å². The van der Waals surface area contributed by atoms with Crippen molar-refractivity contribution in [3.05, 3.63) is 12.2 Å². The van der Waals surface area contributed by atoms with E-state index >= 15 is 0 Å². The standard InChI is InChI=1S/C13H20O3/c1-3-4-5-6-11-10(7-8-12(11)14)9-13(15)16-2/h4-5,10-11H,3,6-9H2,1-2H3/b5-4-/i9D2. The first-order valence-electron chi connectivity index (χ1n) is 6.71. The molecule has 1 fully saturated rings. The maximum atomic E-state index is 11.8. The molecule has 1 aliphatic carbocycles. The van der Waals surface area contributed by atoms with Gasteiger partial charge in [-0.1, -0.05) is 19.1 Å². The van der Waals surface area contributed by atoms with E-state index in [0.717, 1.165) is 6.42 Å². The zero-order chi connectivity index (χ0) is 13.8. The van der Waals surface area contributed by atoms with Crippen molar-refractivity contribution in [1.82, 2.24) is 0 Å². The van der Waals surface area contributed by atoms with Crippen molar-refractivity contribution in [1.29, 1.82) is 0 Å². The van der Waals surface area contributed by atoms with Crippen LogP contribution in [0.5, 0.6) is 0 Å². The molecule has 3 heteroatoms. The van der Waals surface area contributed by atoms with Crippen molar-refractivity contribution in [2.75, 3.05) is 7.11 Å². The van der Waals surface area contributed by atoms with Crippen molar-refractivity contribution < 1.29 is 17.1 Å². The minimum Gasteiger partial charge on any atom is -0.469 e. The third-order valence-electron chi connectivity index (χ3n) is 2.88. The van der Waals surface area contributed by atoms with Gasteiger partial charge in [0, 0.05) is 21.5 Å². The quantitative estimate of drug-likeness (QED) is 0.534. The van der Waals surface area contributed by atoms with E-state index in [9.17, 15) is 9.59 Å². The summed E-state index contributed by atoms with van der Waals surface area (Å²) in [6.45, 7) is 2.00. The highest BCUT2D eigenvalue weighted by Gasteiger charge is 2.34. The van der Waals surface area contributed by atoms with E-state index in [1.54, 1.807) is 0 Å². The average Bonchev–Trinajstić information content (AvgIpc) is 2.71. The number of ether oxygens (including phenoxy) is 1. The number of Topliss-reactive ketones (excluding diaryl/α,β-unsaturated/α-hetero) is 1. The summed E-state index contributed by atoms with van der Waals surface area (Å²) in [5, 5.41) is 0. The molecule has 0 saturated heterocycles. The molecule has 0 aromatic rings. The van der Waals surface area contributed by atoms with Gasteiger partial charge in [-0.25, -0.2) is 0 Å². The van der Waals surface area contributed by atoms with Gasteiger partial charge in [-0.2, -0.15) is 0 Å². The Morgan fingerprint density at radius 3 is 3.00 bits per heavy atom. The van der Waals surface area contributed by atoms with Gasteiger partial charge in [-0.3, -0.25) is 9.59 Å². The highest BCUT2D eigenvalue weighted by Crippen LogP contribution is 2.34. The fourth-order valence-electron chi connectivity index (χ4n) is 2.00. The Hall–Kier alpha value is -1.12. The highest BCUT2D eigenvalue weighted by molar-refractivity contribution is 5.84. The molecule has 0 amide bonds. The van der Waals surface area contributed by atoms with Crippen LogP contribution in [0.25, 0.3) is 0 Å². The molecule has 1 saturated carbocycles. The van der Waals surface area contributed by atoms with Gasteiger partial charge in [0.25, 0.3) is 0 Å². The molecule has 0 bridgehead atoms. The molecular weight excluding hydrogens is 204 g/mol. The van der Waals surface area contributed by atoms with Gasteiger partial charge in [0.1, 0.15) is 5.78 Å². The molecule has 0 aromatic heterocycles. The Kier molecular flexibility index (Phi) is 4.06. The molecule has 0 spiro atoms. The molecule has 2 atom stereocenters. The Labute approximate surface area is 99.7 Å². The van der Waals surface area contributed by atoms with Gasteiger partial charge in [0.15, 0.2) is 0 Å². The number of hydrogen-bond acceptors (Lipinski definition) is 3. The molecular formula is C13H20O3. The molecule has 16 heavy (non-hydrogen) atoms. The lowest BCUT2D eigenvalue weighted by atomic mass is 9.89. The van der Waals surface area contributed by atoms with Crippen molar-refractivity contribution in [2.24, 2.45) is 11.8 Å².